The smallest absolute Gasteiger partial charge is 0.411 e. The first-order valence-corrected chi connectivity index (χ1v) is 19.9. The molecule has 4 heterocycles. The van der Waals surface area contributed by atoms with Crippen LogP contribution in [0.1, 0.15) is 79.8 Å². The molecule has 2 aromatic carbocycles. The lowest BCUT2D eigenvalue weighted by Gasteiger charge is -2.38. The first-order chi connectivity index (χ1) is 28.3. The summed E-state index contributed by atoms with van der Waals surface area (Å²) in [6.45, 7) is 2.92. The zero-order valence-corrected chi connectivity index (χ0v) is 33.3. The maximum Gasteiger partial charge on any atom is 0.411 e. The van der Waals surface area contributed by atoms with Gasteiger partial charge in [-0.15, -0.1) is 0 Å². The fourth-order valence-corrected chi connectivity index (χ4v) is 7.60. The number of carbonyl (C=O) groups excluding carboxylic acids is 2. The Hall–Kier alpha value is -5.64. The Balaban J connectivity index is 1.30. The molecule has 12 nitrogen and oxygen atoms in total. The maximum absolute atomic E-state index is 15.9. The number of unbranched alkanes of at least 4 members (excludes halogenated alkanes) is 7. The van der Waals surface area contributed by atoms with E-state index in [0.29, 0.717) is 22.9 Å². The molecule has 59 heavy (non-hydrogen) atoms. The van der Waals surface area contributed by atoms with Gasteiger partial charge in [0.1, 0.15) is 17.9 Å². The summed E-state index contributed by atoms with van der Waals surface area (Å²) in [4.78, 5) is 64.5. The van der Waals surface area contributed by atoms with E-state index in [1.165, 1.54) is 68.2 Å². The number of fused-ring (bicyclic) bond motifs is 2. The van der Waals surface area contributed by atoms with Gasteiger partial charge in [0, 0.05) is 43.5 Å². The molecule has 5 aromatic rings. The summed E-state index contributed by atoms with van der Waals surface area (Å²) in [6.07, 6.45) is 7.74. The number of esters is 1. The van der Waals surface area contributed by atoms with Crippen molar-refractivity contribution in [2.24, 2.45) is 7.05 Å². The molecule has 314 valence electrons. The fraction of sp³-hybridized carbons (Fsp3) is 0.442. The Labute approximate surface area is 338 Å². The van der Waals surface area contributed by atoms with Crippen LogP contribution in [0.5, 0.6) is 0 Å². The van der Waals surface area contributed by atoms with E-state index in [9.17, 15) is 32.3 Å². The van der Waals surface area contributed by atoms with Crippen LogP contribution in [0, 0.1) is 12.7 Å². The van der Waals surface area contributed by atoms with Crippen molar-refractivity contribution in [1.82, 2.24) is 24.4 Å². The van der Waals surface area contributed by atoms with Crippen molar-refractivity contribution in [3.05, 3.63) is 104 Å². The first-order valence-electron chi connectivity index (χ1n) is 19.9. The number of benzene rings is 2. The number of aryl methyl sites for hydroxylation is 2. The molecule has 1 aliphatic rings. The van der Waals surface area contributed by atoms with Crippen molar-refractivity contribution in [2.45, 2.75) is 89.9 Å². The molecular weight excluding hydrogens is 773 g/mol. The predicted octanol–water partition coefficient (Wildman–Crippen LogP) is 6.87. The summed E-state index contributed by atoms with van der Waals surface area (Å²) in [5, 5.41) is 3.37. The fourth-order valence-electron chi connectivity index (χ4n) is 7.60. The number of nitrogens with one attached hydrogen (secondary N) is 1. The van der Waals surface area contributed by atoms with E-state index in [2.05, 4.69) is 22.2 Å². The third kappa shape index (κ3) is 9.64. The molecule has 0 spiro atoms. The number of morpholine rings is 1. The topological polar surface area (TPSA) is 138 Å². The summed E-state index contributed by atoms with van der Waals surface area (Å²) < 4.78 is 70.4. The number of alkyl halides is 3. The number of ether oxygens (including phenoxy) is 2. The van der Waals surface area contributed by atoms with Gasteiger partial charge in [0.05, 0.1) is 53.7 Å². The van der Waals surface area contributed by atoms with Gasteiger partial charge in [-0.2, -0.15) is 13.2 Å². The minimum atomic E-state index is -4.64. The third-order valence-electron chi connectivity index (χ3n) is 10.7. The van der Waals surface area contributed by atoms with Crippen molar-refractivity contribution in [1.29, 1.82) is 0 Å². The summed E-state index contributed by atoms with van der Waals surface area (Å²) in [6, 6.07) is 6.88. The highest BCUT2D eigenvalue weighted by atomic mass is 19.4. The highest BCUT2D eigenvalue weighted by Crippen LogP contribution is 2.33. The van der Waals surface area contributed by atoms with Crippen LogP contribution >= 0.6 is 0 Å². The highest BCUT2D eigenvalue weighted by Gasteiger charge is 2.45. The Kier molecular flexibility index (Phi) is 13.8. The van der Waals surface area contributed by atoms with E-state index in [0.717, 1.165) is 47.6 Å². The number of halogens is 4. The second-order valence-electron chi connectivity index (χ2n) is 14.8. The number of nitrogens with zero attached hydrogens (tertiary/aromatic N) is 5. The average Bonchev–Trinajstić information content (AvgIpc) is 3.22. The summed E-state index contributed by atoms with van der Waals surface area (Å²) in [5.74, 6) is -2.80. The maximum atomic E-state index is 15.9. The van der Waals surface area contributed by atoms with Crippen molar-refractivity contribution >= 4 is 39.4 Å². The average molecular weight is 821 g/mol. The number of hydrogen-bond donors (Lipinski definition) is 1. The molecular formula is C43H48F4N6O6. The molecule has 0 bridgehead atoms. The van der Waals surface area contributed by atoms with Gasteiger partial charge < -0.3 is 19.7 Å². The molecule has 3 aromatic heterocycles. The van der Waals surface area contributed by atoms with E-state index in [-0.39, 0.29) is 54.0 Å². The molecule has 0 radical (unpaired) electrons. The molecule has 1 fully saturated rings. The number of pyridine rings is 2. The molecule has 0 unspecified atom stereocenters. The van der Waals surface area contributed by atoms with Crippen LogP contribution in [0.3, 0.4) is 0 Å². The quantitative estimate of drug-likeness (QED) is 0.0642. The molecule has 1 N–H and O–H groups in total. The predicted molar refractivity (Wildman–Crippen MR) is 216 cm³/mol. The van der Waals surface area contributed by atoms with Gasteiger partial charge in [-0.05, 0) is 54.8 Å². The van der Waals surface area contributed by atoms with Gasteiger partial charge in [0.15, 0.2) is 0 Å². The number of amides is 1. The Morgan fingerprint density at radius 2 is 1.75 bits per heavy atom. The Morgan fingerprint density at radius 3 is 2.47 bits per heavy atom. The van der Waals surface area contributed by atoms with Crippen LogP contribution in [-0.2, 0) is 27.7 Å². The van der Waals surface area contributed by atoms with Crippen molar-refractivity contribution in [3.8, 4) is 5.69 Å². The molecule has 2 atom stereocenters. The lowest BCUT2D eigenvalue weighted by atomic mass is 9.99. The number of rotatable bonds is 16. The van der Waals surface area contributed by atoms with Crippen molar-refractivity contribution in [2.75, 3.05) is 31.3 Å². The largest absolute Gasteiger partial charge is 0.464 e. The zero-order chi connectivity index (χ0) is 42.3. The molecule has 6 rings (SSSR count). The lowest BCUT2D eigenvalue weighted by Crippen LogP contribution is -2.53. The highest BCUT2D eigenvalue weighted by molar-refractivity contribution is 5.99. The van der Waals surface area contributed by atoms with E-state index < -0.39 is 59.4 Å². The van der Waals surface area contributed by atoms with E-state index >= 15 is 4.39 Å². The standard InChI is InChI=1S/C43H48F4N6O6/c1-4-5-6-7-8-9-10-11-20-59-41(56)33(50-39(54)37-27(2)22-29(24-32(37)44)52-19-21-58-26-36(52)43(45,46)47)23-28-14-15-34(38-30(28)13-12-17-49-38)53-40(55)31-16-18-48-25-35(31)51(3)42(53)57/h12-18,22,24-25,33,36H,4-11,19-21,23,26H2,1-3H3,(H,50,54)/t33-,36+/m0/s1. The minimum Gasteiger partial charge on any atom is -0.464 e. The molecule has 0 aliphatic carbocycles. The third-order valence-corrected chi connectivity index (χ3v) is 10.7. The van der Waals surface area contributed by atoms with Gasteiger partial charge in [-0.1, -0.05) is 64.0 Å². The van der Waals surface area contributed by atoms with Crippen LogP contribution in [-0.4, -0.2) is 75.6 Å². The second kappa shape index (κ2) is 19.0. The minimum absolute atomic E-state index is 0.0107. The second-order valence-corrected chi connectivity index (χ2v) is 14.8. The number of anilines is 1. The van der Waals surface area contributed by atoms with Gasteiger partial charge in [0.2, 0.25) is 0 Å². The van der Waals surface area contributed by atoms with Gasteiger partial charge >= 0.3 is 17.8 Å². The molecule has 1 amide bonds. The number of aromatic nitrogens is 4. The first kappa shape index (κ1) is 43.0. The van der Waals surface area contributed by atoms with Gasteiger partial charge in [-0.3, -0.25) is 24.1 Å². The number of hydrogen-bond acceptors (Lipinski definition) is 9. The normalized spacial score (nSPS) is 15.1. The zero-order valence-electron chi connectivity index (χ0n) is 33.3. The lowest BCUT2D eigenvalue weighted by molar-refractivity contribution is -0.167. The molecule has 1 aliphatic heterocycles. The monoisotopic (exact) mass is 820 g/mol. The summed E-state index contributed by atoms with van der Waals surface area (Å²) in [5.41, 5.74) is -0.321. The van der Waals surface area contributed by atoms with Crippen LogP contribution in [0.2, 0.25) is 0 Å². The van der Waals surface area contributed by atoms with Crippen LogP contribution in [0.4, 0.5) is 23.2 Å². The molecule has 1 saturated heterocycles. The van der Waals surface area contributed by atoms with Crippen molar-refractivity contribution in [3.63, 3.8) is 0 Å². The Bertz CT molecular complexity index is 2410. The summed E-state index contributed by atoms with van der Waals surface area (Å²) in [7, 11) is 1.53. The van der Waals surface area contributed by atoms with Crippen molar-refractivity contribution < 1.29 is 36.6 Å². The molecule has 0 saturated carbocycles. The van der Waals surface area contributed by atoms with E-state index in [1.807, 2.05) is 0 Å². The SMILES string of the molecule is CCCCCCCCCCOC(=O)[C@H](Cc1ccc(-n2c(=O)c3ccncc3n(C)c2=O)c2ncccc12)NC(=O)c1c(C)cc(N2CCOC[C@@H]2C(F)(F)F)cc1F. The van der Waals surface area contributed by atoms with E-state index in [4.69, 9.17) is 9.47 Å². The van der Waals surface area contributed by atoms with E-state index in [1.54, 1.807) is 18.2 Å². The molecule has 16 heteroatoms. The van der Waals surface area contributed by atoms with Crippen LogP contribution < -0.4 is 21.5 Å². The van der Waals surface area contributed by atoms with Crippen LogP contribution in [0.15, 0.2) is 70.6 Å². The Morgan fingerprint density at radius 1 is 1.00 bits per heavy atom. The number of carbonyl (C=O) groups is 2. The summed E-state index contributed by atoms with van der Waals surface area (Å²) >= 11 is 0. The van der Waals surface area contributed by atoms with Gasteiger partial charge in [0.25, 0.3) is 11.5 Å². The van der Waals surface area contributed by atoms with Gasteiger partial charge in [-0.25, -0.2) is 18.5 Å². The van der Waals surface area contributed by atoms with Crippen LogP contribution in [0.25, 0.3) is 27.5 Å².